The van der Waals surface area contributed by atoms with Crippen LogP contribution in [0.3, 0.4) is 0 Å². The summed E-state index contributed by atoms with van der Waals surface area (Å²) in [4.78, 5) is 36.3. The lowest BCUT2D eigenvalue weighted by molar-refractivity contribution is -0.125. The first-order valence-electron chi connectivity index (χ1n) is 13.6. The second-order valence-corrected chi connectivity index (χ2v) is 11.4. The molecule has 0 aromatic heterocycles. The van der Waals surface area contributed by atoms with Crippen LogP contribution < -0.4 is 0 Å². The lowest BCUT2D eigenvalue weighted by Crippen LogP contribution is -2.50. The summed E-state index contributed by atoms with van der Waals surface area (Å²) < 4.78 is 5.50. The van der Waals surface area contributed by atoms with E-state index in [4.69, 9.17) is 10.00 Å². The van der Waals surface area contributed by atoms with Gasteiger partial charge in [-0.05, 0) is 73.7 Å². The zero-order valence-electron chi connectivity index (χ0n) is 22.9. The summed E-state index contributed by atoms with van der Waals surface area (Å²) in [6, 6.07) is 16.0. The first kappa shape index (κ1) is 26.6. The smallest absolute Gasteiger partial charge is 0.410 e. The monoisotopic (exact) mass is 525 g/mol. The fourth-order valence-electron chi connectivity index (χ4n) is 5.18. The minimum Gasteiger partial charge on any atom is -0.444 e. The highest BCUT2D eigenvalue weighted by Crippen LogP contribution is 2.32. The number of hydrogen-bond donors (Lipinski definition) is 0. The lowest BCUT2D eigenvalue weighted by atomic mass is 9.96. The summed E-state index contributed by atoms with van der Waals surface area (Å²) >= 11 is 0. The van der Waals surface area contributed by atoms with Crippen LogP contribution in [0.15, 0.2) is 53.5 Å². The Hall–Kier alpha value is -3.96. The topological polar surface area (TPSA) is 89.2 Å². The molecule has 0 bridgehead atoms. The van der Waals surface area contributed by atoms with Crippen molar-refractivity contribution in [1.82, 2.24) is 14.7 Å². The van der Waals surface area contributed by atoms with Gasteiger partial charge >= 0.3 is 6.09 Å². The lowest BCUT2D eigenvalue weighted by Gasteiger charge is -2.34. The van der Waals surface area contributed by atoms with Gasteiger partial charge in [-0.25, -0.2) is 9.79 Å². The fraction of sp³-hybridized carbons (Fsp3) is 0.419. The second-order valence-electron chi connectivity index (χ2n) is 11.4. The summed E-state index contributed by atoms with van der Waals surface area (Å²) in [7, 11) is 0. The van der Waals surface area contributed by atoms with Crippen molar-refractivity contribution >= 4 is 29.0 Å². The van der Waals surface area contributed by atoms with Gasteiger partial charge in [0.2, 0.25) is 0 Å². The molecule has 0 unspecified atom stereocenters. The zero-order chi connectivity index (χ0) is 27.6. The molecular formula is C31H35N5O3. The van der Waals surface area contributed by atoms with Gasteiger partial charge in [-0.2, -0.15) is 5.26 Å². The minimum atomic E-state index is -0.504. The zero-order valence-corrected chi connectivity index (χ0v) is 22.9. The Morgan fingerprint density at radius 2 is 1.74 bits per heavy atom. The number of fused-ring (bicyclic) bond motifs is 1. The van der Waals surface area contributed by atoms with Gasteiger partial charge in [-0.3, -0.25) is 9.69 Å². The van der Waals surface area contributed by atoms with Crippen LogP contribution in [0.1, 0.15) is 49.4 Å². The molecule has 0 radical (unpaired) electrons. The number of amides is 2. The predicted octanol–water partition coefficient (Wildman–Crippen LogP) is 4.56. The molecule has 8 nitrogen and oxygen atoms in total. The first-order valence-corrected chi connectivity index (χ1v) is 13.6. The van der Waals surface area contributed by atoms with Crippen LogP contribution in [0.4, 0.5) is 10.5 Å². The highest BCUT2D eigenvalue weighted by molar-refractivity contribution is 6.40. The van der Waals surface area contributed by atoms with E-state index in [1.165, 1.54) is 11.1 Å². The summed E-state index contributed by atoms with van der Waals surface area (Å²) in [5.41, 5.74) is 6.21. The van der Waals surface area contributed by atoms with E-state index >= 15 is 0 Å². The van der Waals surface area contributed by atoms with Gasteiger partial charge in [0.05, 0.1) is 17.3 Å². The average molecular weight is 526 g/mol. The molecule has 39 heavy (non-hydrogen) atoms. The molecule has 2 aromatic carbocycles. The highest BCUT2D eigenvalue weighted by Gasteiger charge is 2.29. The molecule has 5 rings (SSSR count). The van der Waals surface area contributed by atoms with Gasteiger partial charge in [0, 0.05) is 52.2 Å². The Labute approximate surface area is 230 Å². The molecule has 2 aromatic rings. The van der Waals surface area contributed by atoms with Crippen molar-refractivity contribution in [2.45, 2.75) is 45.8 Å². The molecule has 0 spiro atoms. The van der Waals surface area contributed by atoms with Gasteiger partial charge in [-0.15, -0.1) is 0 Å². The highest BCUT2D eigenvalue weighted by atomic mass is 16.6. The number of hydrogen-bond acceptors (Lipinski definition) is 6. The molecule has 3 aliphatic heterocycles. The van der Waals surface area contributed by atoms with E-state index in [2.05, 4.69) is 34.2 Å². The number of nitrogens with zero attached hydrogens (tertiary/aromatic N) is 5. The van der Waals surface area contributed by atoms with Crippen LogP contribution in [0, 0.1) is 11.3 Å². The quantitative estimate of drug-likeness (QED) is 0.584. The first-order chi connectivity index (χ1) is 18.7. The number of piperazine rings is 1. The minimum absolute atomic E-state index is 0.0238. The number of nitriles is 1. The molecule has 3 heterocycles. The van der Waals surface area contributed by atoms with Gasteiger partial charge in [-0.1, -0.05) is 24.3 Å². The molecule has 0 atom stereocenters. The Bertz CT molecular complexity index is 1360. The standard InChI is InChI=1S/C31H35N5O3/c1-31(2,3)39-30(38)36-12-10-24(11-13-36)25-8-9-27-26(18-25)19-28(33-27)29(37)35-16-14-34(15-17-35)21-23-6-4-22(20-32)5-7-23/h4-10,18H,11-17,19,21H2,1-3H3. The third kappa shape index (κ3) is 6.37. The Kier molecular flexibility index (Phi) is 7.53. The largest absolute Gasteiger partial charge is 0.444 e. The number of ether oxygens (including phenoxy) is 1. The third-order valence-corrected chi connectivity index (χ3v) is 7.32. The van der Waals surface area contributed by atoms with Crippen molar-refractivity contribution in [3.8, 4) is 6.07 Å². The molecule has 0 N–H and O–H groups in total. The van der Waals surface area contributed by atoms with Crippen LogP contribution in [-0.4, -0.2) is 77.3 Å². The Balaban J connectivity index is 1.14. The van der Waals surface area contributed by atoms with Gasteiger partial charge in [0.25, 0.3) is 5.91 Å². The summed E-state index contributed by atoms with van der Waals surface area (Å²) in [5.74, 6) is 0.0238. The molecule has 1 fully saturated rings. The molecule has 0 saturated carbocycles. The van der Waals surface area contributed by atoms with Crippen LogP contribution in [-0.2, 0) is 22.5 Å². The van der Waals surface area contributed by atoms with Gasteiger partial charge < -0.3 is 14.5 Å². The van der Waals surface area contributed by atoms with Crippen LogP contribution in [0.25, 0.3) is 5.57 Å². The summed E-state index contributed by atoms with van der Waals surface area (Å²) in [6.45, 7) is 10.6. The maximum atomic E-state index is 13.3. The van der Waals surface area contributed by atoms with E-state index in [9.17, 15) is 9.59 Å². The SMILES string of the molecule is CC(C)(C)OC(=O)N1CC=C(c2ccc3c(c2)CC(C(=O)N2CCN(Cc4ccc(C#N)cc4)CC2)=N3)CC1. The average Bonchev–Trinajstić information content (AvgIpc) is 3.36. The molecule has 8 heteroatoms. The van der Waals surface area contributed by atoms with Crippen LogP contribution in [0.5, 0.6) is 0 Å². The number of carbonyl (C=O) groups is 2. The third-order valence-electron chi connectivity index (χ3n) is 7.32. The Morgan fingerprint density at radius 1 is 1.00 bits per heavy atom. The van der Waals surface area contributed by atoms with Crippen molar-refractivity contribution in [3.63, 3.8) is 0 Å². The van der Waals surface area contributed by atoms with Crippen molar-refractivity contribution in [2.24, 2.45) is 4.99 Å². The van der Waals surface area contributed by atoms with Gasteiger partial charge in [0.15, 0.2) is 0 Å². The van der Waals surface area contributed by atoms with Crippen molar-refractivity contribution < 1.29 is 14.3 Å². The molecule has 202 valence electrons. The predicted molar refractivity (Wildman–Crippen MR) is 151 cm³/mol. The maximum Gasteiger partial charge on any atom is 0.410 e. The summed E-state index contributed by atoms with van der Waals surface area (Å²) in [6.07, 6.45) is 3.12. The van der Waals surface area contributed by atoms with E-state index in [1.54, 1.807) is 4.90 Å². The van der Waals surface area contributed by atoms with E-state index in [0.717, 1.165) is 42.9 Å². The van der Waals surface area contributed by atoms with Crippen molar-refractivity contribution in [3.05, 3.63) is 70.8 Å². The Morgan fingerprint density at radius 3 is 2.38 bits per heavy atom. The van der Waals surface area contributed by atoms with Crippen molar-refractivity contribution in [2.75, 3.05) is 39.3 Å². The molecule has 2 amide bonds. The second kappa shape index (κ2) is 11.0. The fourth-order valence-corrected chi connectivity index (χ4v) is 5.18. The number of aliphatic imine (C=N–C) groups is 1. The van der Waals surface area contributed by atoms with E-state index in [0.29, 0.717) is 43.9 Å². The molecule has 3 aliphatic rings. The summed E-state index contributed by atoms with van der Waals surface area (Å²) in [5, 5.41) is 8.98. The van der Waals surface area contributed by atoms with E-state index in [-0.39, 0.29) is 12.0 Å². The normalized spacial score (nSPS) is 17.7. The molecule has 0 aliphatic carbocycles. The van der Waals surface area contributed by atoms with E-state index in [1.807, 2.05) is 56.0 Å². The van der Waals surface area contributed by atoms with Crippen LogP contribution in [0.2, 0.25) is 0 Å². The number of benzene rings is 2. The van der Waals surface area contributed by atoms with E-state index < -0.39 is 5.60 Å². The van der Waals surface area contributed by atoms with Crippen molar-refractivity contribution in [1.29, 1.82) is 5.26 Å². The van der Waals surface area contributed by atoms with Gasteiger partial charge in [0.1, 0.15) is 11.3 Å². The molecule has 1 saturated heterocycles. The van der Waals surface area contributed by atoms with Crippen LogP contribution >= 0.6 is 0 Å². The number of rotatable bonds is 4. The number of carbonyl (C=O) groups excluding carboxylic acids is 2. The molecular weight excluding hydrogens is 490 g/mol. The maximum absolute atomic E-state index is 13.3.